The van der Waals surface area contributed by atoms with Crippen LogP contribution in [-0.2, 0) is 16.0 Å². The minimum Gasteiger partial charge on any atom is -0.480 e. The first-order valence-electron chi connectivity index (χ1n) is 5.91. The van der Waals surface area contributed by atoms with Crippen molar-refractivity contribution >= 4 is 23.3 Å². The van der Waals surface area contributed by atoms with Crippen molar-refractivity contribution in [3.63, 3.8) is 0 Å². The Morgan fingerprint density at radius 3 is 2.80 bits per heavy atom. The van der Waals surface area contributed by atoms with E-state index in [0.717, 1.165) is 4.88 Å². The number of alkyl carbamates (subject to hydrolysis) is 1. The zero-order chi connectivity index (χ0) is 15.2. The summed E-state index contributed by atoms with van der Waals surface area (Å²) in [6, 6.07) is 1.81. The summed E-state index contributed by atoms with van der Waals surface area (Å²) >= 11 is 1.44. The van der Waals surface area contributed by atoms with Crippen molar-refractivity contribution in [3.05, 3.63) is 21.9 Å². The second kappa shape index (κ2) is 6.91. The van der Waals surface area contributed by atoms with Crippen LogP contribution in [0.5, 0.6) is 0 Å². The Hall–Kier alpha value is -2.07. The lowest BCUT2D eigenvalue weighted by Gasteiger charge is -2.19. The molecule has 0 spiro atoms. The molecule has 6 nitrogen and oxygen atoms in total. The number of amides is 1. The van der Waals surface area contributed by atoms with Gasteiger partial charge in [-0.3, -0.25) is 0 Å². The summed E-state index contributed by atoms with van der Waals surface area (Å²) in [5, 5.41) is 13.0. The molecule has 0 radical (unpaired) electrons. The molecule has 1 heterocycles. The number of nitrogens with one attached hydrogen (secondary N) is 1. The van der Waals surface area contributed by atoms with Crippen LogP contribution in [0.1, 0.15) is 31.2 Å². The lowest BCUT2D eigenvalue weighted by Crippen LogP contribution is -2.31. The fraction of sp³-hybridized carbons (Fsp3) is 0.462. The van der Waals surface area contributed by atoms with Gasteiger partial charge in [0, 0.05) is 15.8 Å². The van der Waals surface area contributed by atoms with Gasteiger partial charge in [0.15, 0.2) is 0 Å². The predicted molar refractivity (Wildman–Crippen MR) is 76.6 cm³/mol. The first-order chi connectivity index (χ1) is 9.35. The molecule has 0 saturated heterocycles. The van der Waals surface area contributed by atoms with Crippen LogP contribution in [0.2, 0.25) is 0 Å². The molecule has 0 saturated carbocycles. The lowest BCUT2D eigenvalue weighted by molar-refractivity contribution is 0.0524. The summed E-state index contributed by atoms with van der Waals surface area (Å²) in [6.45, 7) is 5.76. The first kappa shape index (κ1) is 16.0. The molecule has 0 aliphatic rings. The number of carbonyl (C=O) groups is 1. The normalized spacial score (nSPS) is 11.7. The molecule has 0 bridgehead atoms. The molecule has 0 aromatic carbocycles. The average Bonchev–Trinajstić information content (AvgIpc) is 2.80. The molecule has 1 amide bonds. The van der Waals surface area contributed by atoms with Crippen molar-refractivity contribution < 1.29 is 14.3 Å². The van der Waals surface area contributed by atoms with E-state index >= 15 is 0 Å². The topological polar surface area (TPSA) is 83.7 Å². The maximum Gasteiger partial charge on any atom is 0.407 e. The molecule has 0 atom stereocenters. The fourth-order valence-electron chi connectivity index (χ4n) is 1.33. The second-order valence-corrected chi connectivity index (χ2v) is 5.87. The highest BCUT2D eigenvalue weighted by molar-refractivity contribution is 7.10. The first-order valence-corrected chi connectivity index (χ1v) is 6.79. The van der Waals surface area contributed by atoms with E-state index in [-0.39, 0.29) is 5.90 Å². The molecule has 7 heteroatoms. The van der Waals surface area contributed by atoms with Gasteiger partial charge >= 0.3 is 6.09 Å². The Morgan fingerprint density at radius 2 is 2.25 bits per heavy atom. The smallest absolute Gasteiger partial charge is 0.407 e. The number of thiophene rings is 1. The second-order valence-electron chi connectivity index (χ2n) is 4.88. The number of aliphatic imine (C=N–C) groups is 1. The van der Waals surface area contributed by atoms with Crippen LogP contribution in [0, 0.1) is 11.5 Å². The maximum absolute atomic E-state index is 11.5. The van der Waals surface area contributed by atoms with Crippen molar-refractivity contribution in [1.29, 1.82) is 5.26 Å². The molecule has 0 unspecified atom stereocenters. The Labute approximate surface area is 122 Å². The van der Waals surface area contributed by atoms with Crippen LogP contribution in [0.3, 0.4) is 0 Å². The molecule has 1 aromatic heterocycles. The summed E-state index contributed by atoms with van der Waals surface area (Å²) in [5.41, 5.74) is 0.188. The number of ether oxygens (including phenoxy) is 2. The van der Waals surface area contributed by atoms with Gasteiger partial charge in [-0.15, -0.1) is 16.3 Å². The number of rotatable bonds is 3. The van der Waals surface area contributed by atoms with Gasteiger partial charge in [0.05, 0.1) is 13.7 Å². The zero-order valence-corrected chi connectivity index (χ0v) is 12.7. The molecule has 108 valence electrons. The van der Waals surface area contributed by atoms with Crippen molar-refractivity contribution in [2.24, 2.45) is 4.99 Å². The maximum atomic E-state index is 11.5. The third kappa shape index (κ3) is 5.28. The van der Waals surface area contributed by atoms with Crippen molar-refractivity contribution in [2.45, 2.75) is 32.9 Å². The van der Waals surface area contributed by atoms with Crippen LogP contribution in [-0.4, -0.2) is 24.7 Å². The highest BCUT2D eigenvalue weighted by Crippen LogP contribution is 2.16. The van der Waals surface area contributed by atoms with E-state index in [1.807, 2.05) is 11.4 Å². The number of hydrogen-bond donors (Lipinski definition) is 1. The standard InChI is InChI=1S/C13H17N3O3S/c1-13(2,3)19-12(17)15-6-10-5-9(7-20-10)11(18-4)16-8-14/h5,7H,6H2,1-4H3,(H,15,17). The van der Waals surface area contributed by atoms with Crippen molar-refractivity contribution in [1.82, 2.24) is 5.32 Å². The summed E-state index contributed by atoms with van der Waals surface area (Å²) in [6.07, 6.45) is 1.21. The van der Waals surface area contributed by atoms with Gasteiger partial charge in [-0.1, -0.05) is 0 Å². The molecule has 1 aromatic rings. The van der Waals surface area contributed by atoms with Crippen molar-refractivity contribution in [2.75, 3.05) is 7.11 Å². The number of carbonyl (C=O) groups excluding carboxylic acids is 1. The lowest BCUT2D eigenvalue weighted by atomic mass is 10.2. The van der Waals surface area contributed by atoms with Crippen LogP contribution >= 0.6 is 11.3 Å². The number of methoxy groups -OCH3 is 1. The minimum atomic E-state index is -0.520. The third-order valence-corrected chi connectivity index (χ3v) is 2.99. The van der Waals surface area contributed by atoms with E-state index in [1.54, 1.807) is 27.0 Å². The monoisotopic (exact) mass is 295 g/mol. The van der Waals surface area contributed by atoms with E-state index in [4.69, 9.17) is 14.7 Å². The number of hydrogen-bond acceptors (Lipinski definition) is 6. The Balaban J connectivity index is 2.59. The summed E-state index contributed by atoms with van der Waals surface area (Å²) in [4.78, 5) is 16.0. The highest BCUT2D eigenvalue weighted by atomic mass is 32.1. The summed E-state index contributed by atoms with van der Waals surface area (Å²) in [7, 11) is 1.45. The van der Waals surface area contributed by atoms with Gasteiger partial charge < -0.3 is 14.8 Å². The molecule has 0 aliphatic carbocycles. The van der Waals surface area contributed by atoms with Crippen LogP contribution in [0.4, 0.5) is 4.79 Å². The van der Waals surface area contributed by atoms with Gasteiger partial charge in [0.25, 0.3) is 0 Å². The van der Waals surface area contributed by atoms with E-state index < -0.39 is 11.7 Å². The van der Waals surface area contributed by atoms with Gasteiger partial charge in [0.1, 0.15) is 5.60 Å². The molecule has 1 N–H and O–H groups in total. The average molecular weight is 295 g/mol. The fourth-order valence-corrected chi connectivity index (χ4v) is 2.13. The predicted octanol–water partition coefficient (Wildman–Crippen LogP) is 2.65. The van der Waals surface area contributed by atoms with Crippen LogP contribution in [0.15, 0.2) is 16.4 Å². The number of nitrogens with zero attached hydrogens (tertiary/aromatic N) is 2. The summed E-state index contributed by atoms with van der Waals surface area (Å²) in [5.74, 6) is 0.257. The quantitative estimate of drug-likeness (QED) is 0.528. The van der Waals surface area contributed by atoms with Gasteiger partial charge in [-0.2, -0.15) is 5.26 Å². The van der Waals surface area contributed by atoms with Crippen LogP contribution < -0.4 is 5.32 Å². The summed E-state index contributed by atoms with van der Waals surface area (Å²) < 4.78 is 10.1. The third-order valence-electron chi connectivity index (χ3n) is 2.05. The van der Waals surface area contributed by atoms with E-state index in [2.05, 4.69) is 10.3 Å². The van der Waals surface area contributed by atoms with Crippen LogP contribution in [0.25, 0.3) is 0 Å². The highest BCUT2D eigenvalue weighted by Gasteiger charge is 2.16. The van der Waals surface area contributed by atoms with E-state index in [9.17, 15) is 4.79 Å². The molecule has 0 aliphatic heterocycles. The number of nitriles is 1. The Kier molecular flexibility index (Phi) is 5.53. The molecule has 20 heavy (non-hydrogen) atoms. The zero-order valence-electron chi connectivity index (χ0n) is 11.9. The Morgan fingerprint density at radius 1 is 1.55 bits per heavy atom. The molecular weight excluding hydrogens is 278 g/mol. The van der Waals surface area contributed by atoms with Crippen molar-refractivity contribution in [3.8, 4) is 6.19 Å². The minimum absolute atomic E-state index is 0.257. The molecule has 1 rings (SSSR count). The van der Waals surface area contributed by atoms with Gasteiger partial charge in [-0.05, 0) is 26.8 Å². The molecule has 0 fully saturated rings. The van der Waals surface area contributed by atoms with Gasteiger partial charge in [0.2, 0.25) is 12.1 Å². The Bertz CT molecular complexity index is 538. The SMILES string of the molecule is COC(=NC#N)c1csc(CNC(=O)OC(C)(C)C)c1. The largest absolute Gasteiger partial charge is 0.480 e. The van der Waals surface area contributed by atoms with Gasteiger partial charge in [-0.25, -0.2) is 4.79 Å². The molecular formula is C13H17N3O3S. The van der Waals surface area contributed by atoms with E-state index in [0.29, 0.717) is 12.1 Å². The van der Waals surface area contributed by atoms with E-state index in [1.165, 1.54) is 18.4 Å².